The monoisotopic (exact) mass is 856 g/mol. The third-order valence-corrected chi connectivity index (χ3v) is 15.3. The molecule has 2 heteroatoms. The summed E-state index contributed by atoms with van der Waals surface area (Å²) in [6, 6.07) is 61.4. The summed E-state index contributed by atoms with van der Waals surface area (Å²) in [5.41, 5.74) is 26.0. The second-order valence-corrected chi connectivity index (χ2v) is 18.9. The van der Waals surface area contributed by atoms with Crippen molar-refractivity contribution in [2.75, 3.05) is 0 Å². The Morgan fingerprint density at radius 1 is 0.515 bits per heavy atom. The summed E-state index contributed by atoms with van der Waals surface area (Å²) >= 11 is 0. The SMILES string of the molecule is CC/C1=C(/c2ccc(-c3ccccc3)cc2)CC(CC)C(c2ccccc2)N=C(c2cccc3c2CCC(CC)c2ccc(C4=CC=C(c5cccc6c5Cc5ccccc5-6)CC4)cc2-3)N1. The van der Waals surface area contributed by atoms with Crippen molar-refractivity contribution in [1.29, 1.82) is 0 Å². The number of nitrogens with zero attached hydrogens (tertiary/aromatic N) is 1. The van der Waals surface area contributed by atoms with Gasteiger partial charge in [-0.1, -0.05) is 197 Å². The molecular weight excluding hydrogens is 797 g/mol. The van der Waals surface area contributed by atoms with Crippen LogP contribution in [0.3, 0.4) is 0 Å². The number of aliphatic imine (C=N–C) groups is 1. The summed E-state index contributed by atoms with van der Waals surface area (Å²) in [7, 11) is 0. The molecule has 0 aromatic heterocycles. The molecule has 2 nitrogen and oxygen atoms in total. The lowest BCUT2D eigenvalue weighted by atomic mass is 9.82. The third-order valence-electron chi connectivity index (χ3n) is 15.3. The van der Waals surface area contributed by atoms with Crippen molar-refractivity contribution in [2.24, 2.45) is 10.9 Å². The topological polar surface area (TPSA) is 24.4 Å². The smallest absolute Gasteiger partial charge is 0.133 e. The van der Waals surface area contributed by atoms with Gasteiger partial charge in [-0.2, -0.15) is 0 Å². The molecule has 0 spiro atoms. The molecule has 66 heavy (non-hydrogen) atoms. The molecule has 0 bridgehead atoms. The average molecular weight is 857 g/mol. The first-order chi connectivity index (χ1) is 32.6. The predicted molar refractivity (Wildman–Crippen MR) is 279 cm³/mol. The normalized spacial score (nSPS) is 19.9. The minimum Gasteiger partial charge on any atom is -0.343 e. The molecule has 326 valence electrons. The second kappa shape index (κ2) is 18.2. The van der Waals surface area contributed by atoms with Crippen LogP contribution in [0.2, 0.25) is 0 Å². The first-order valence-electron chi connectivity index (χ1n) is 24.7. The summed E-state index contributed by atoms with van der Waals surface area (Å²) in [5, 5.41) is 4.10. The molecule has 0 radical (unpaired) electrons. The zero-order valence-electron chi connectivity index (χ0n) is 38.8. The lowest BCUT2D eigenvalue weighted by Gasteiger charge is -2.31. The van der Waals surface area contributed by atoms with Gasteiger partial charge in [0.2, 0.25) is 0 Å². The number of fused-ring (bicyclic) bond motifs is 6. The zero-order valence-corrected chi connectivity index (χ0v) is 38.8. The van der Waals surface area contributed by atoms with E-state index in [1.54, 1.807) is 0 Å². The third kappa shape index (κ3) is 7.81. The van der Waals surface area contributed by atoms with Crippen LogP contribution in [0.5, 0.6) is 0 Å². The predicted octanol–water partition coefficient (Wildman–Crippen LogP) is 16.6. The van der Waals surface area contributed by atoms with Crippen molar-refractivity contribution in [2.45, 2.75) is 90.5 Å². The van der Waals surface area contributed by atoms with Gasteiger partial charge in [0.15, 0.2) is 0 Å². The van der Waals surface area contributed by atoms with Crippen LogP contribution >= 0.6 is 0 Å². The van der Waals surface area contributed by atoms with Gasteiger partial charge in [0.1, 0.15) is 5.84 Å². The van der Waals surface area contributed by atoms with Crippen LogP contribution < -0.4 is 5.32 Å². The maximum Gasteiger partial charge on any atom is 0.133 e. The van der Waals surface area contributed by atoms with Crippen molar-refractivity contribution in [3.8, 4) is 33.4 Å². The number of hydrogen-bond acceptors (Lipinski definition) is 2. The Morgan fingerprint density at radius 3 is 1.89 bits per heavy atom. The molecule has 3 unspecified atom stereocenters. The van der Waals surface area contributed by atoms with Gasteiger partial charge in [-0.25, -0.2) is 0 Å². The summed E-state index contributed by atoms with van der Waals surface area (Å²) in [5.74, 6) is 1.84. The van der Waals surface area contributed by atoms with Crippen LogP contribution in [0.1, 0.15) is 128 Å². The molecule has 7 aromatic rings. The maximum absolute atomic E-state index is 5.85. The molecule has 4 aliphatic rings. The summed E-state index contributed by atoms with van der Waals surface area (Å²) in [6.07, 6.45) is 14.1. The van der Waals surface area contributed by atoms with Crippen molar-refractivity contribution in [1.82, 2.24) is 5.32 Å². The highest BCUT2D eigenvalue weighted by molar-refractivity contribution is 6.04. The van der Waals surface area contributed by atoms with Crippen molar-refractivity contribution >= 4 is 22.6 Å². The van der Waals surface area contributed by atoms with Crippen molar-refractivity contribution in [3.05, 3.63) is 232 Å². The minimum atomic E-state index is 0.0167. The van der Waals surface area contributed by atoms with Crippen LogP contribution in [-0.2, 0) is 12.8 Å². The molecule has 1 heterocycles. The van der Waals surface area contributed by atoms with Gasteiger partial charge in [-0.05, 0) is 164 Å². The molecule has 0 amide bonds. The Labute approximate surface area is 392 Å². The largest absolute Gasteiger partial charge is 0.343 e. The molecule has 3 atom stereocenters. The van der Waals surface area contributed by atoms with Gasteiger partial charge in [-0.15, -0.1) is 0 Å². The van der Waals surface area contributed by atoms with Crippen LogP contribution in [0.25, 0.3) is 50.1 Å². The van der Waals surface area contributed by atoms with Gasteiger partial charge >= 0.3 is 0 Å². The van der Waals surface area contributed by atoms with E-state index in [9.17, 15) is 0 Å². The van der Waals surface area contributed by atoms with Crippen molar-refractivity contribution in [3.63, 3.8) is 0 Å². The highest BCUT2D eigenvalue weighted by atomic mass is 15.0. The van der Waals surface area contributed by atoms with E-state index in [-0.39, 0.29) is 6.04 Å². The van der Waals surface area contributed by atoms with Crippen LogP contribution in [0.15, 0.2) is 187 Å². The molecule has 1 N–H and O–H groups in total. The van der Waals surface area contributed by atoms with Gasteiger partial charge < -0.3 is 5.32 Å². The van der Waals surface area contributed by atoms with Crippen LogP contribution in [-0.4, -0.2) is 5.84 Å². The van der Waals surface area contributed by atoms with E-state index in [4.69, 9.17) is 4.99 Å². The number of amidine groups is 1. The number of rotatable bonds is 9. The molecule has 1 aliphatic heterocycles. The fourth-order valence-corrected chi connectivity index (χ4v) is 11.7. The van der Waals surface area contributed by atoms with Gasteiger partial charge in [-0.3, -0.25) is 4.99 Å². The summed E-state index contributed by atoms with van der Waals surface area (Å²) < 4.78 is 0. The number of nitrogens with one attached hydrogen (secondary N) is 1. The van der Waals surface area contributed by atoms with Gasteiger partial charge in [0.25, 0.3) is 0 Å². The molecule has 3 aliphatic carbocycles. The molecular formula is C64H60N2. The standard InChI is InChI=1S/C64H60N2/c1-4-42-35-38-57-56(60-40-50(36-37-54(42)60)46-29-31-47(32-30-46)52-23-15-24-55-53-22-14-13-21-51(53)41-61(52)55)25-16-26-58(57)64-65-62(6-3)59(39-43(5-2)63(66-64)49-19-11-8-12-20-49)48-33-27-45(28-34-48)44-17-9-7-10-18-44/h7-29,31,33-34,36-37,40,42-43,63H,4-6,30,32,35,38-39,41H2,1-3H3,(H,65,66)/b62-59-. The van der Waals surface area contributed by atoms with Crippen molar-refractivity contribution < 1.29 is 0 Å². The number of benzene rings is 7. The highest BCUT2D eigenvalue weighted by Crippen LogP contribution is 2.46. The summed E-state index contributed by atoms with van der Waals surface area (Å²) in [6.45, 7) is 7.02. The summed E-state index contributed by atoms with van der Waals surface area (Å²) in [4.78, 5) is 5.85. The van der Waals surface area contributed by atoms with Crippen LogP contribution in [0.4, 0.5) is 0 Å². The van der Waals surface area contributed by atoms with E-state index in [0.717, 1.165) is 63.6 Å². The van der Waals surface area contributed by atoms with E-state index in [2.05, 4.69) is 202 Å². The van der Waals surface area contributed by atoms with Gasteiger partial charge in [0.05, 0.1) is 6.04 Å². The van der Waals surface area contributed by atoms with Crippen LogP contribution in [0, 0.1) is 5.92 Å². The molecule has 11 rings (SSSR count). The lowest BCUT2D eigenvalue weighted by Crippen LogP contribution is -2.30. The molecule has 0 saturated heterocycles. The molecule has 7 aromatic carbocycles. The van der Waals surface area contributed by atoms with E-state index in [1.165, 1.54) is 106 Å². The maximum atomic E-state index is 5.85. The second-order valence-electron chi connectivity index (χ2n) is 18.9. The lowest BCUT2D eigenvalue weighted by molar-refractivity contribution is 0.425. The Balaban J connectivity index is 0.989. The van der Waals surface area contributed by atoms with Gasteiger partial charge in [0, 0.05) is 11.3 Å². The first-order valence-corrected chi connectivity index (χ1v) is 24.7. The van der Waals surface area contributed by atoms with E-state index in [1.807, 2.05) is 0 Å². The Hall–Kier alpha value is -6.77. The highest BCUT2D eigenvalue weighted by Gasteiger charge is 2.31. The Kier molecular flexibility index (Phi) is 11.6. The van der Waals surface area contributed by atoms with E-state index < -0.39 is 0 Å². The fraction of sp³-hybridized carbons (Fsp3) is 0.234. The Morgan fingerprint density at radius 2 is 1.15 bits per heavy atom. The first kappa shape index (κ1) is 41.9. The number of allylic oxidation sites excluding steroid dienone is 6. The fourth-order valence-electron chi connectivity index (χ4n) is 11.7. The molecule has 0 saturated carbocycles. The Bertz CT molecular complexity index is 3050. The quantitative estimate of drug-likeness (QED) is 0.154. The zero-order chi connectivity index (χ0) is 44.6. The average Bonchev–Trinajstić information content (AvgIpc) is 3.68. The van der Waals surface area contributed by atoms with E-state index in [0.29, 0.717) is 11.8 Å². The molecule has 0 fully saturated rings. The minimum absolute atomic E-state index is 0.0167. The van der Waals surface area contributed by atoms with E-state index >= 15 is 0 Å². The number of hydrogen-bond donors (Lipinski definition) is 1.